The molecule has 90 valence electrons. The first kappa shape index (κ1) is 13.3. The van der Waals surface area contributed by atoms with Crippen molar-refractivity contribution in [1.82, 2.24) is 15.6 Å². The summed E-state index contributed by atoms with van der Waals surface area (Å²) in [6, 6.07) is 0. The Morgan fingerprint density at radius 1 is 1.56 bits per heavy atom. The van der Waals surface area contributed by atoms with E-state index in [1.165, 1.54) is 4.88 Å². The first-order valence-electron chi connectivity index (χ1n) is 5.10. The van der Waals surface area contributed by atoms with Gasteiger partial charge in [0.2, 0.25) is 0 Å². The van der Waals surface area contributed by atoms with Crippen molar-refractivity contribution in [3.8, 4) is 0 Å². The van der Waals surface area contributed by atoms with Gasteiger partial charge in [0.1, 0.15) is 0 Å². The second-order valence-corrected chi connectivity index (χ2v) is 5.13. The molecule has 0 radical (unpaired) electrons. The number of aryl methyl sites for hydroxylation is 1. The maximum atomic E-state index is 4.21. The van der Waals surface area contributed by atoms with E-state index in [1.807, 2.05) is 24.2 Å². The van der Waals surface area contributed by atoms with Crippen LogP contribution in [-0.4, -0.2) is 36.5 Å². The molecule has 16 heavy (non-hydrogen) atoms. The highest BCUT2D eigenvalue weighted by atomic mass is 32.2. The number of thiazole rings is 1. The molecule has 4 nitrogen and oxygen atoms in total. The number of thioether (sulfide) groups is 1. The molecular weight excluding hydrogens is 240 g/mol. The monoisotopic (exact) mass is 258 g/mol. The fourth-order valence-corrected chi connectivity index (χ4v) is 2.18. The number of nitrogens with zero attached hydrogens (tertiary/aromatic N) is 2. The predicted molar refractivity (Wildman–Crippen MR) is 73.4 cm³/mol. The largest absolute Gasteiger partial charge is 0.356 e. The van der Waals surface area contributed by atoms with Crippen LogP contribution in [-0.2, 0) is 6.54 Å². The van der Waals surface area contributed by atoms with Gasteiger partial charge in [-0.15, -0.1) is 11.3 Å². The summed E-state index contributed by atoms with van der Waals surface area (Å²) in [7, 11) is 1.79. The summed E-state index contributed by atoms with van der Waals surface area (Å²) < 4.78 is 0. The molecule has 1 aromatic heterocycles. The summed E-state index contributed by atoms with van der Waals surface area (Å²) in [5, 5.41) is 6.53. The van der Waals surface area contributed by atoms with Gasteiger partial charge in [-0.25, -0.2) is 4.98 Å². The SMILES string of the molecule is CN=C(NCCSC)NCc1scnc1C. The molecule has 0 aromatic carbocycles. The molecule has 0 atom stereocenters. The summed E-state index contributed by atoms with van der Waals surface area (Å²) in [4.78, 5) is 9.63. The topological polar surface area (TPSA) is 49.3 Å². The van der Waals surface area contributed by atoms with Gasteiger partial charge in [0, 0.05) is 24.2 Å². The summed E-state index contributed by atoms with van der Waals surface area (Å²) in [6.45, 7) is 3.75. The van der Waals surface area contributed by atoms with Crippen LogP contribution in [0.15, 0.2) is 10.5 Å². The first-order valence-corrected chi connectivity index (χ1v) is 7.37. The third-order valence-corrected chi connectivity index (χ3v) is 3.63. The Balaban J connectivity index is 2.32. The normalized spacial score (nSPS) is 11.6. The molecule has 0 aliphatic rings. The number of hydrogen-bond acceptors (Lipinski definition) is 4. The molecule has 1 heterocycles. The molecule has 0 spiro atoms. The van der Waals surface area contributed by atoms with Gasteiger partial charge in [-0.1, -0.05) is 0 Å². The van der Waals surface area contributed by atoms with Crippen molar-refractivity contribution >= 4 is 29.1 Å². The lowest BCUT2D eigenvalue weighted by atomic mass is 10.4. The van der Waals surface area contributed by atoms with Crippen LogP contribution in [0.3, 0.4) is 0 Å². The van der Waals surface area contributed by atoms with Gasteiger partial charge in [-0.05, 0) is 13.2 Å². The van der Waals surface area contributed by atoms with Crippen LogP contribution in [0, 0.1) is 6.92 Å². The van der Waals surface area contributed by atoms with Crippen molar-refractivity contribution in [2.75, 3.05) is 25.6 Å². The maximum Gasteiger partial charge on any atom is 0.191 e. The molecule has 0 saturated heterocycles. The number of nitrogens with one attached hydrogen (secondary N) is 2. The molecule has 1 aromatic rings. The number of rotatable bonds is 5. The third-order valence-electron chi connectivity index (χ3n) is 2.08. The van der Waals surface area contributed by atoms with E-state index in [0.717, 1.165) is 30.5 Å². The van der Waals surface area contributed by atoms with Crippen LogP contribution < -0.4 is 10.6 Å². The molecule has 0 bridgehead atoms. The van der Waals surface area contributed by atoms with Crippen molar-refractivity contribution in [1.29, 1.82) is 0 Å². The molecule has 6 heteroatoms. The molecule has 0 aliphatic heterocycles. The van der Waals surface area contributed by atoms with E-state index in [1.54, 1.807) is 18.4 Å². The molecule has 0 amide bonds. The molecule has 2 N–H and O–H groups in total. The van der Waals surface area contributed by atoms with Gasteiger partial charge in [0.05, 0.1) is 17.7 Å². The van der Waals surface area contributed by atoms with Crippen molar-refractivity contribution in [3.05, 3.63) is 16.1 Å². The van der Waals surface area contributed by atoms with Gasteiger partial charge < -0.3 is 10.6 Å². The summed E-state index contributed by atoms with van der Waals surface area (Å²) in [5.41, 5.74) is 2.97. The Labute approximate surface area is 105 Å². The Hall–Kier alpha value is -0.750. The predicted octanol–water partition coefficient (Wildman–Crippen LogP) is 1.48. The van der Waals surface area contributed by atoms with Gasteiger partial charge in [0.25, 0.3) is 0 Å². The van der Waals surface area contributed by atoms with Crippen molar-refractivity contribution in [3.63, 3.8) is 0 Å². The molecule has 1 rings (SSSR count). The van der Waals surface area contributed by atoms with Crippen LogP contribution in [0.5, 0.6) is 0 Å². The molecule has 0 fully saturated rings. The molecular formula is C10H18N4S2. The Morgan fingerprint density at radius 3 is 2.94 bits per heavy atom. The Morgan fingerprint density at radius 2 is 2.38 bits per heavy atom. The molecule has 0 unspecified atom stereocenters. The summed E-state index contributed by atoms with van der Waals surface area (Å²) >= 11 is 3.49. The van der Waals surface area contributed by atoms with E-state index in [9.17, 15) is 0 Å². The van der Waals surface area contributed by atoms with E-state index < -0.39 is 0 Å². The van der Waals surface area contributed by atoms with E-state index >= 15 is 0 Å². The quantitative estimate of drug-likeness (QED) is 0.477. The van der Waals surface area contributed by atoms with Gasteiger partial charge in [0.15, 0.2) is 5.96 Å². The van der Waals surface area contributed by atoms with Crippen LogP contribution in [0.2, 0.25) is 0 Å². The lowest BCUT2D eigenvalue weighted by Crippen LogP contribution is -2.37. The van der Waals surface area contributed by atoms with Crippen LogP contribution in [0.1, 0.15) is 10.6 Å². The third kappa shape index (κ3) is 4.40. The zero-order chi connectivity index (χ0) is 11.8. The Kier molecular flexibility index (Phi) is 6.25. The summed E-state index contributed by atoms with van der Waals surface area (Å²) in [5.74, 6) is 1.93. The number of aliphatic imine (C=N–C) groups is 1. The number of guanidine groups is 1. The number of aromatic nitrogens is 1. The van der Waals surface area contributed by atoms with Crippen LogP contribution in [0.4, 0.5) is 0 Å². The van der Waals surface area contributed by atoms with Gasteiger partial charge in [-0.3, -0.25) is 4.99 Å². The lowest BCUT2D eigenvalue weighted by molar-refractivity contribution is 0.836. The Bertz CT molecular complexity index is 335. The minimum atomic E-state index is 0.787. The average molecular weight is 258 g/mol. The molecule has 0 saturated carbocycles. The van der Waals surface area contributed by atoms with Crippen LogP contribution >= 0.6 is 23.1 Å². The van der Waals surface area contributed by atoms with Gasteiger partial charge in [-0.2, -0.15) is 11.8 Å². The van der Waals surface area contributed by atoms with Crippen molar-refractivity contribution in [2.45, 2.75) is 13.5 Å². The van der Waals surface area contributed by atoms with Crippen molar-refractivity contribution < 1.29 is 0 Å². The minimum absolute atomic E-state index is 0.787. The maximum absolute atomic E-state index is 4.21. The molecule has 0 aliphatic carbocycles. The zero-order valence-corrected chi connectivity index (χ0v) is 11.5. The highest BCUT2D eigenvalue weighted by molar-refractivity contribution is 7.98. The standard InChI is InChI=1S/C10H18N4S2/c1-8-9(16-7-14-8)6-13-10(11-2)12-4-5-15-3/h7H,4-6H2,1-3H3,(H2,11,12,13). The smallest absolute Gasteiger partial charge is 0.191 e. The van der Waals surface area contributed by atoms with Gasteiger partial charge >= 0.3 is 0 Å². The fourth-order valence-electron chi connectivity index (χ4n) is 1.15. The summed E-state index contributed by atoms with van der Waals surface area (Å²) in [6.07, 6.45) is 2.10. The number of hydrogen-bond donors (Lipinski definition) is 2. The zero-order valence-electron chi connectivity index (χ0n) is 9.91. The first-order chi connectivity index (χ1) is 7.77. The second-order valence-electron chi connectivity index (χ2n) is 3.21. The van der Waals surface area contributed by atoms with E-state index in [-0.39, 0.29) is 0 Å². The fraction of sp³-hybridized carbons (Fsp3) is 0.600. The van der Waals surface area contributed by atoms with E-state index in [2.05, 4.69) is 26.9 Å². The minimum Gasteiger partial charge on any atom is -0.356 e. The highest BCUT2D eigenvalue weighted by Gasteiger charge is 2.02. The highest BCUT2D eigenvalue weighted by Crippen LogP contribution is 2.10. The lowest BCUT2D eigenvalue weighted by Gasteiger charge is -2.10. The average Bonchev–Trinajstić information content (AvgIpc) is 2.69. The van der Waals surface area contributed by atoms with E-state index in [4.69, 9.17) is 0 Å². The second kappa shape index (κ2) is 7.51. The van der Waals surface area contributed by atoms with Crippen molar-refractivity contribution in [2.24, 2.45) is 4.99 Å². The van der Waals surface area contributed by atoms with E-state index in [0.29, 0.717) is 0 Å². The van der Waals surface area contributed by atoms with Crippen LogP contribution in [0.25, 0.3) is 0 Å².